The van der Waals surface area contributed by atoms with E-state index in [4.69, 9.17) is 4.74 Å². The molecule has 0 aromatic carbocycles. The largest absolute Gasteiger partial charge is 0.372 e. The fraction of sp³-hybridized carbons (Fsp3) is 0.929. The van der Waals surface area contributed by atoms with Crippen LogP contribution in [0.5, 0.6) is 0 Å². The predicted molar refractivity (Wildman–Crippen MR) is 71.3 cm³/mol. The van der Waals surface area contributed by atoms with Crippen molar-refractivity contribution in [1.29, 1.82) is 0 Å². The van der Waals surface area contributed by atoms with Crippen molar-refractivity contribution in [3.8, 4) is 0 Å². The molecule has 1 amide bonds. The SMILES string of the molecule is CC1CN(C(=O)C2(C(C)C)CCNC2)CC(C)O1. The second-order valence-corrected chi connectivity index (χ2v) is 6.21. The van der Waals surface area contributed by atoms with Crippen molar-refractivity contribution in [2.75, 3.05) is 26.2 Å². The third kappa shape index (κ3) is 2.41. The lowest BCUT2D eigenvalue weighted by atomic mass is 9.75. The summed E-state index contributed by atoms with van der Waals surface area (Å²) in [6.07, 6.45) is 1.26. The fourth-order valence-corrected chi connectivity index (χ4v) is 3.29. The van der Waals surface area contributed by atoms with Gasteiger partial charge in [0.25, 0.3) is 0 Å². The molecular weight excluding hydrogens is 228 g/mol. The van der Waals surface area contributed by atoms with Gasteiger partial charge in [0.1, 0.15) is 0 Å². The topological polar surface area (TPSA) is 41.6 Å². The molecule has 2 rings (SSSR count). The minimum Gasteiger partial charge on any atom is -0.372 e. The minimum absolute atomic E-state index is 0.149. The quantitative estimate of drug-likeness (QED) is 0.806. The van der Waals surface area contributed by atoms with Crippen molar-refractivity contribution >= 4 is 5.91 Å². The standard InChI is InChI=1S/C14H26N2O2/c1-10(2)14(5-6-15-9-14)13(17)16-7-11(3)18-12(4)8-16/h10-12,15H,5-9H2,1-4H3. The number of carbonyl (C=O) groups excluding carboxylic acids is 1. The maximum absolute atomic E-state index is 12.9. The van der Waals surface area contributed by atoms with Crippen molar-refractivity contribution in [2.24, 2.45) is 11.3 Å². The number of rotatable bonds is 2. The Kier molecular flexibility index (Phi) is 3.97. The van der Waals surface area contributed by atoms with E-state index in [1.165, 1.54) is 0 Å². The molecule has 0 bridgehead atoms. The predicted octanol–water partition coefficient (Wildman–Crippen LogP) is 1.26. The van der Waals surface area contributed by atoms with Crippen LogP contribution in [0, 0.1) is 11.3 Å². The van der Waals surface area contributed by atoms with E-state index in [0.29, 0.717) is 11.8 Å². The number of hydrogen-bond acceptors (Lipinski definition) is 3. The molecule has 0 spiro atoms. The molecule has 1 N–H and O–H groups in total. The zero-order valence-electron chi connectivity index (χ0n) is 12.0. The molecule has 2 saturated heterocycles. The van der Waals surface area contributed by atoms with Gasteiger partial charge >= 0.3 is 0 Å². The van der Waals surface area contributed by atoms with Crippen LogP contribution in [0.3, 0.4) is 0 Å². The number of morpholine rings is 1. The molecule has 0 radical (unpaired) electrons. The first-order chi connectivity index (χ1) is 8.45. The first-order valence-electron chi connectivity index (χ1n) is 7.11. The van der Waals surface area contributed by atoms with Gasteiger partial charge < -0.3 is 15.0 Å². The summed E-state index contributed by atoms with van der Waals surface area (Å²) in [5, 5.41) is 3.36. The smallest absolute Gasteiger partial charge is 0.230 e. The second-order valence-electron chi connectivity index (χ2n) is 6.21. The van der Waals surface area contributed by atoms with Crippen LogP contribution < -0.4 is 5.32 Å². The number of amides is 1. The summed E-state index contributed by atoms with van der Waals surface area (Å²) in [4.78, 5) is 14.9. The van der Waals surface area contributed by atoms with E-state index in [1.807, 2.05) is 18.7 Å². The van der Waals surface area contributed by atoms with Gasteiger partial charge in [-0.15, -0.1) is 0 Å². The Hall–Kier alpha value is -0.610. The van der Waals surface area contributed by atoms with Gasteiger partial charge in [-0.3, -0.25) is 4.79 Å². The van der Waals surface area contributed by atoms with E-state index in [1.54, 1.807) is 0 Å². The maximum Gasteiger partial charge on any atom is 0.230 e. The average Bonchev–Trinajstić information content (AvgIpc) is 2.76. The Morgan fingerprint density at radius 1 is 1.33 bits per heavy atom. The summed E-state index contributed by atoms with van der Waals surface area (Å²) in [6.45, 7) is 11.7. The average molecular weight is 254 g/mol. The van der Waals surface area contributed by atoms with Crippen molar-refractivity contribution in [3.05, 3.63) is 0 Å². The molecule has 2 heterocycles. The summed E-state index contributed by atoms with van der Waals surface area (Å²) >= 11 is 0. The summed E-state index contributed by atoms with van der Waals surface area (Å²) < 4.78 is 5.71. The van der Waals surface area contributed by atoms with E-state index in [9.17, 15) is 4.79 Å². The molecule has 2 aliphatic heterocycles. The Morgan fingerprint density at radius 2 is 1.94 bits per heavy atom. The lowest BCUT2D eigenvalue weighted by molar-refractivity contribution is -0.155. The zero-order chi connectivity index (χ0) is 13.3. The van der Waals surface area contributed by atoms with Crippen molar-refractivity contribution in [1.82, 2.24) is 10.2 Å². The highest BCUT2D eigenvalue weighted by molar-refractivity contribution is 5.84. The van der Waals surface area contributed by atoms with Gasteiger partial charge in [-0.2, -0.15) is 0 Å². The lowest BCUT2D eigenvalue weighted by Gasteiger charge is -2.41. The highest BCUT2D eigenvalue weighted by Gasteiger charge is 2.47. The van der Waals surface area contributed by atoms with Gasteiger partial charge in [-0.25, -0.2) is 0 Å². The second kappa shape index (κ2) is 5.17. The highest BCUT2D eigenvalue weighted by Crippen LogP contribution is 2.36. The van der Waals surface area contributed by atoms with Crippen molar-refractivity contribution in [2.45, 2.75) is 46.3 Å². The molecule has 0 saturated carbocycles. The van der Waals surface area contributed by atoms with E-state index < -0.39 is 0 Å². The van der Waals surface area contributed by atoms with Crippen LogP contribution in [-0.2, 0) is 9.53 Å². The molecule has 3 atom stereocenters. The van der Waals surface area contributed by atoms with Crippen molar-refractivity contribution in [3.63, 3.8) is 0 Å². The van der Waals surface area contributed by atoms with Crippen LogP contribution in [0.1, 0.15) is 34.1 Å². The summed E-state index contributed by atoms with van der Waals surface area (Å²) in [5.74, 6) is 0.706. The molecule has 18 heavy (non-hydrogen) atoms. The Labute approximate surface area is 110 Å². The van der Waals surface area contributed by atoms with Crippen molar-refractivity contribution < 1.29 is 9.53 Å². The van der Waals surface area contributed by atoms with Crippen LogP contribution >= 0.6 is 0 Å². The van der Waals surface area contributed by atoms with Gasteiger partial charge in [-0.1, -0.05) is 13.8 Å². The first-order valence-corrected chi connectivity index (χ1v) is 7.11. The molecule has 4 heteroatoms. The lowest BCUT2D eigenvalue weighted by Crippen LogP contribution is -2.55. The molecule has 0 aromatic heterocycles. The number of hydrogen-bond donors (Lipinski definition) is 1. The molecule has 2 aliphatic rings. The monoisotopic (exact) mass is 254 g/mol. The Morgan fingerprint density at radius 3 is 2.39 bits per heavy atom. The molecular formula is C14H26N2O2. The summed E-state index contributed by atoms with van der Waals surface area (Å²) in [7, 11) is 0. The molecule has 2 fully saturated rings. The molecule has 4 nitrogen and oxygen atoms in total. The van der Waals surface area contributed by atoms with E-state index >= 15 is 0 Å². The van der Waals surface area contributed by atoms with E-state index in [-0.39, 0.29) is 17.6 Å². The summed E-state index contributed by atoms with van der Waals surface area (Å²) in [5.41, 5.74) is -0.198. The third-order valence-corrected chi connectivity index (χ3v) is 4.43. The van der Waals surface area contributed by atoms with Crippen LogP contribution in [0.2, 0.25) is 0 Å². The first kappa shape index (κ1) is 13.8. The number of carbonyl (C=O) groups is 1. The van der Waals surface area contributed by atoms with Gasteiger partial charge in [0.2, 0.25) is 5.91 Å². The van der Waals surface area contributed by atoms with Crippen LogP contribution in [0.4, 0.5) is 0 Å². The maximum atomic E-state index is 12.9. The number of nitrogens with zero attached hydrogens (tertiary/aromatic N) is 1. The van der Waals surface area contributed by atoms with Gasteiger partial charge in [0.05, 0.1) is 17.6 Å². The minimum atomic E-state index is -0.198. The number of nitrogens with one attached hydrogen (secondary N) is 1. The van der Waals surface area contributed by atoms with Crippen LogP contribution in [0.25, 0.3) is 0 Å². The Bertz CT molecular complexity index is 301. The molecule has 3 unspecified atom stereocenters. The van der Waals surface area contributed by atoms with E-state index in [0.717, 1.165) is 32.6 Å². The van der Waals surface area contributed by atoms with Crippen LogP contribution in [-0.4, -0.2) is 49.2 Å². The van der Waals surface area contributed by atoms with Gasteiger partial charge in [-0.05, 0) is 32.7 Å². The van der Waals surface area contributed by atoms with Crippen LogP contribution in [0.15, 0.2) is 0 Å². The van der Waals surface area contributed by atoms with E-state index in [2.05, 4.69) is 19.2 Å². The fourth-order valence-electron chi connectivity index (χ4n) is 3.29. The normalized spacial score (nSPS) is 37.3. The van der Waals surface area contributed by atoms with Gasteiger partial charge in [0, 0.05) is 19.6 Å². The molecule has 0 aliphatic carbocycles. The third-order valence-electron chi connectivity index (χ3n) is 4.43. The molecule has 104 valence electrons. The highest BCUT2D eigenvalue weighted by atomic mass is 16.5. The number of ether oxygens (including phenoxy) is 1. The summed E-state index contributed by atoms with van der Waals surface area (Å²) in [6, 6.07) is 0. The van der Waals surface area contributed by atoms with Gasteiger partial charge in [0.15, 0.2) is 0 Å². The molecule has 0 aromatic rings. The zero-order valence-corrected chi connectivity index (χ0v) is 12.0. The Balaban J connectivity index is 2.13.